The molecule has 3 aromatic carbocycles. The smallest absolute Gasteiger partial charge is 0.279 e. The fourth-order valence-electron chi connectivity index (χ4n) is 3.01. The zero-order valence-corrected chi connectivity index (χ0v) is 19.9. The van der Waals surface area contributed by atoms with Crippen molar-refractivity contribution in [2.24, 2.45) is 12.0 Å². The number of sulfonamides is 1. The van der Waals surface area contributed by atoms with Crippen LogP contribution in [0.1, 0.15) is 15.9 Å². The quantitative estimate of drug-likeness (QED) is 0.421. The maximum absolute atomic E-state index is 12.8. The second-order valence-electron chi connectivity index (χ2n) is 6.97. The van der Waals surface area contributed by atoms with E-state index in [-0.39, 0.29) is 4.90 Å². The molecule has 1 N–H and O–H groups in total. The van der Waals surface area contributed by atoms with Gasteiger partial charge in [0, 0.05) is 22.8 Å². The van der Waals surface area contributed by atoms with Gasteiger partial charge in [0.25, 0.3) is 15.9 Å². The highest BCUT2D eigenvalue weighted by atomic mass is 79.9. The van der Waals surface area contributed by atoms with E-state index in [0.717, 1.165) is 20.3 Å². The van der Waals surface area contributed by atoms with E-state index in [1.54, 1.807) is 42.5 Å². The normalized spacial score (nSPS) is 12.3. The predicted octanol–water partition coefficient (Wildman–Crippen LogP) is 4.85. The van der Waals surface area contributed by atoms with Crippen LogP contribution in [-0.2, 0) is 17.1 Å². The molecule has 6 nitrogen and oxygen atoms in total. The van der Waals surface area contributed by atoms with Crippen molar-refractivity contribution in [2.45, 2.75) is 11.8 Å². The molecule has 4 rings (SSSR count). The summed E-state index contributed by atoms with van der Waals surface area (Å²) in [5.41, 5.74) is 2.53. The molecule has 0 fully saturated rings. The number of fused-ring (bicyclic) bond motifs is 1. The first-order chi connectivity index (χ1) is 14.7. The summed E-state index contributed by atoms with van der Waals surface area (Å²) in [5, 5.41) is 0. The minimum atomic E-state index is -3.76. The Morgan fingerprint density at radius 2 is 1.81 bits per heavy atom. The van der Waals surface area contributed by atoms with Gasteiger partial charge in [0.1, 0.15) is 0 Å². The lowest BCUT2D eigenvalue weighted by Gasteiger charge is -2.09. The Bertz CT molecular complexity index is 1470. The Morgan fingerprint density at radius 1 is 1.06 bits per heavy atom. The van der Waals surface area contributed by atoms with Crippen LogP contribution in [-0.4, -0.2) is 18.9 Å². The number of thiazole rings is 1. The first-order valence-corrected chi connectivity index (χ1v) is 12.4. The van der Waals surface area contributed by atoms with Gasteiger partial charge in [-0.25, -0.2) is 8.42 Å². The van der Waals surface area contributed by atoms with E-state index in [1.807, 2.05) is 36.7 Å². The third-order valence-electron chi connectivity index (χ3n) is 4.66. The van der Waals surface area contributed by atoms with Gasteiger partial charge in [-0.1, -0.05) is 51.0 Å². The van der Waals surface area contributed by atoms with Crippen LogP contribution in [0.3, 0.4) is 0 Å². The number of benzene rings is 3. The zero-order valence-electron chi connectivity index (χ0n) is 16.7. The van der Waals surface area contributed by atoms with Gasteiger partial charge in [-0.05, 0) is 55.5 Å². The monoisotopic (exact) mass is 515 g/mol. The zero-order chi connectivity index (χ0) is 22.2. The lowest BCUT2D eigenvalue weighted by Crippen LogP contribution is -2.14. The van der Waals surface area contributed by atoms with Crippen LogP contribution < -0.4 is 9.52 Å². The molecule has 0 aliphatic heterocycles. The number of aryl methyl sites for hydroxylation is 2. The third kappa shape index (κ3) is 4.63. The van der Waals surface area contributed by atoms with E-state index >= 15 is 0 Å². The molecule has 4 aromatic rings. The van der Waals surface area contributed by atoms with Crippen LogP contribution in [0.15, 0.2) is 81.1 Å². The predicted molar refractivity (Wildman–Crippen MR) is 127 cm³/mol. The van der Waals surface area contributed by atoms with Crippen LogP contribution >= 0.6 is 27.3 Å². The Labute approximate surface area is 192 Å². The van der Waals surface area contributed by atoms with Crippen molar-refractivity contribution in [3.8, 4) is 0 Å². The van der Waals surface area contributed by atoms with Gasteiger partial charge in [-0.3, -0.25) is 9.52 Å². The standard InChI is InChI=1S/C22H18BrN3O3S2/c1-14-6-9-18(10-7-14)31(28,29)25-17-5-3-4-15(12-17)21(27)24-22-26(2)19-11-8-16(23)13-20(19)30-22/h3-13,25H,1-2H3. The summed E-state index contributed by atoms with van der Waals surface area (Å²) in [6, 6.07) is 18.7. The Morgan fingerprint density at radius 3 is 2.55 bits per heavy atom. The van der Waals surface area contributed by atoms with E-state index in [9.17, 15) is 13.2 Å². The molecule has 31 heavy (non-hydrogen) atoms. The SMILES string of the molecule is Cc1ccc(S(=O)(=O)Nc2cccc(C(=O)N=c3sc4cc(Br)ccc4n3C)c2)cc1. The molecule has 1 heterocycles. The minimum Gasteiger partial charge on any atom is -0.319 e. The molecule has 0 spiro atoms. The van der Waals surface area contributed by atoms with E-state index in [1.165, 1.54) is 17.4 Å². The summed E-state index contributed by atoms with van der Waals surface area (Å²) in [6.07, 6.45) is 0. The summed E-state index contributed by atoms with van der Waals surface area (Å²) in [7, 11) is -1.91. The highest BCUT2D eigenvalue weighted by Crippen LogP contribution is 2.22. The summed E-state index contributed by atoms with van der Waals surface area (Å²) in [5.74, 6) is -0.447. The van der Waals surface area contributed by atoms with Gasteiger partial charge in [0.15, 0.2) is 4.80 Å². The first-order valence-electron chi connectivity index (χ1n) is 9.27. The number of anilines is 1. The van der Waals surface area contributed by atoms with E-state index < -0.39 is 15.9 Å². The summed E-state index contributed by atoms with van der Waals surface area (Å²) < 4.78 is 31.6. The van der Waals surface area contributed by atoms with Crippen molar-refractivity contribution in [3.05, 3.63) is 87.1 Å². The maximum atomic E-state index is 12.8. The average molecular weight is 516 g/mol. The van der Waals surface area contributed by atoms with Crippen LogP contribution in [0.4, 0.5) is 5.69 Å². The van der Waals surface area contributed by atoms with Gasteiger partial charge in [-0.15, -0.1) is 0 Å². The van der Waals surface area contributed by atoms with E-state index in [4.69, 9.17) is 0 Å². The number of carbonyl (C=O) groups excluding carboxylic acids is 1. The van der Waals surface area contributed by atoms with Crippen molar-refractivity contribution < 1.29 is 13.2 Å². The van der Waals surface area contributed by atoms with E-state index in [0.29, 0.717) is 16.1 Å². The number of halogens is 1. The molecule has 0 unspecified atom stereocenters. The van der Waals surface area contributed by atoms with Gasteiger partial charge >= 0.3 is 0 Å². The number of nitrogens with zero attached hydrogens (tertiary/aromatic N) is 2. The number of rotatable bonds is 4. The molecule has 0 aliphatic rings. The molecule has 1 amide bonds. The molecule has 158 valence electrons. The average Bonchev–Trinajstić information content (AvgIpc) is 3.02. The highest BCUT2D eigenvalue weighted by molar-refractivity contribution is 9.10. The maximum Gasteiger partial charge on any atom is 0.279 e. The number of carbonyl (C=O) groups is 1. The lowest BCUT2D eigenvalue weighted by atomic mass is 10.2. The number of aromatic nitrogens is 1. The van der Waals surface area contributed by atoms with Crippen LogP contribution in [0.25, 0.3) is 10.2 Å². The number of nitrogens with one attached hydrogen (secondary N) is 1. The van der Waals surface area contributed by atoms with Gasteiger partial charge in [0.2, 0.25) is 0 Å². The second-order valence-corrected chi connectivity index (χ2v) is 10.6. The van der Waals surface area contributed by atoms with Crippen molar-refractivity contribution in [1.29, 1.82) is 0 Å². The van der Waals surface area contributed by atoms with Crippen molar-refractivity contribution in [2.75, 3.05) is 4.72 Å². The van der Waals surface area contributed by atoms with Gasteiger partial charge in [0.05, 0.1) is 15.1 Å². The Hall–Kier alpha value is -2.75. The van der Waals surface area contributed by atoms with Gasteiger partial charge < -0.3 is 4.57 Å². The Kier molecular flexibility index (Phi) is 5.83. The Balaban J connectivity index is 1.64. The molecule has 0 saturated heterocycles. The van der Waals surface area contributed by atoms with Crippen LogP contribution in [0.5, 0.6) is 0 Å². The number of hydrogen-bond donors (Lipinski definition) is 1. The number of amides is 1. The first kappa shape index (κ1) is 21.5. The van der Waals surface area contributed by atoms with Crippen LogP contribution in [0.2, 0.25) is 0 Å². The van der Waals surface area contributed by atoms with Crippen molar-refractivity contribution >= 4 is 59.1 Å². The minimum absolute atomic E-state index is 0.156. The molecule has 9 heteroatoms. The largest absolute Gasteiger partial charge is 0.319 e. The number of hydrogen-bond acceptors (Lipinski definition) is 4. The molecule has 0 aliphatic carbocycles. The molecule has 0 saturated carbocycles. The van der Waals surface area contributed by atoms with Crippen LogP contribution in [0, 0.1) is 6.92 Å². The van der Waals surface area contributed by atoms with E-state index in [2.05, 4.69) is 25.6 Å². The topological polar surface area (TPSA) is 80.5 Å². The molecule has 1 aromatic heterocycles. The molecule has 0 bridgehead atoms. The molecular weight excluding hydrogens is 498 g/mol. The fourth-order valence-corrected chi connectivity index (χ4v) is 5.63. The lowest BCUT2D eigenvalue weighted by molar-refractivity contribution is 0.0998. The summed E-state index contributed by atoms with van der Waals surface area (Å²) >= 11 is 4.86. The molecular formula is C22H18BrN3O3S2. The molecule has 0 atom stereocenters. The van der Waals surface area contributed by atoms with Crippen molar-refractivity contribution in [3.63, 3.8) is 0 Å². The molecule has 0 radical (unpaired) electrons. The summed E-state index contributed by atoms with van der Waals surface area (Å²) in [6.45, 7) is 1.89. The third-order valence-corrected chi connectivity index (χ3v) is 7.65. The fraction of sp³-hybridized carbons (Fsp3) is 0.0909. The van der Waals surface area contributed by atoms with Gasteiger partial charge in [-0.2, -0.15) is 4.99 Å². The highest BCUT2D eigenvalue weighted by Gasteiger charge is 2.15. The second kappa shape index (κ2) is 8.41. The summed E-state index contributed by atoms with van der Waals surface area (Å²) in [4.78, 5) is 17.7. The van der Waals surface area contributed by atoms with Crippen molar-refractivity contribution in [1.82, 2.24) is 4.57 Å².